The van der Waals surface area contributed by atoms with Gasteiger partial charge in [0, 0.05) is 51.9 Å². The van der Waals surface area contributed by atoms with Crippen LogP contribution in [-0.2, 0) is 4.79 Å². The SMILES string of the molecule is CN(C)C(=O)C1CN(CC2=CCCC2)CCC1NC(=O)c1cc(-c2ccc(F)cc2F)on1. The number of nitrogens with zero attached hydrogens (tertiary/aromatic N) is 3. The summed E-state index contributed by atoms with van der Waals surface area (Å²) in [4.78, 5) is 29.6. The topological polar surface area (TPSA) is 78.7 Å². The van der Waals surface area contributed by atoms with E-state index >= 15 is 0 Å². The number of allylic oxidation sites excluding steroid dienone is 1. The summed E-state index contributed by atoms with van der Waals surface area (Å²) in [5.41, 5.74) is 1.40. The lowest BCUT2D eigenvalue weighted by molar-refractivity contribution is -0.135. The summed E-state index contributed by atoms with van der Waals surface area (Å²) < 4.78 is 32.3. The van der Waals surface area contributed by atoms with E-state index in [9.17, 15) is 18.4 Å². The van der Waals surface area contributed by atoms with E-state index in [4.69, 9.17) is 4.52 Å². The highest BCUT2D eigenvalue weighted by Gasteiger charge is 2.37. The largest absolute Gasteiger partial charge is 0.355 e. The Bertz CT molecular complexity index is 1070. The molecule has 1 aromatic carbocycles. The zero-order chi connectivity index (χ0) is 23.5. The van der Waals surface area contributed by atoms with Gasteiger partial charge in [-0.15, -0.1) is 0 Å². The second-order valence-corrected chi connectivity index (χ2v) is 8.90. The summed E-state index contributed by atoms with van der Waals surface area (Å²) in [5.74, 6) is -2.42. The van der Waals surface area contributed by atoms with Crippen LogP contribution < -0.4 is 5.32 Å². The molecule has 0 spiro atoms. The van der Waals surface area contributed by atoms with E-state index in [1.807, 2.05) is 0 Å². The maximum absolute atomic E-state index is 14.0. The van der Waals surface area contributed by atoms with Gasteiger partial charge in [0.15, 0.2) is 11.5 Å². The molecule has 9 heteroatoms. The van der Waals surface area contributed by atoms with Gasteiger partial charge in [-0.25, -0.2) is 8.78 Å². The Labute approximate surface area is 191 Å². The van der Waals surface area contributed by atoms with Gasteiger partial charge in [0.05, 0.1) is 11.5 Å². The van der Waals surface area contributed by atoms with Crippen molar-refractivity contribution in [2.24, 2.45) is 5.92 Å². The van der Waals surface area contributed by atoms with E-state index in [1.165, 1.54) is 24.1 Å². The Morgan fingerprint density at radius 2 is 2.09 bits per heavy atom. The van der Waals surface area contributed by atoms with Gasteiger partial charge in [-0.05, 0) is 37.8 Å². The molecule has 33 heavy (non-hydrogen) atoms. The number of benzene rings is 1. The molecule has 2 atom stereocenters. The van der Waals surface area contributed by atoms with Gasteiger partial charge in [-0.3, -0.25) is 14.5 Å². The van der Waals surface area contributed by atoms with Gasteiger partial charge in [-0.2, -0.15) is 0 Å². The number of halogens is 2. The first-order valence-corrected chi connectivity index (χ1v) is 11.2. The minimum atomic E-state index is -0.806. The smallest absolute Gasteiger partial charge is 0.273 e. The van der Waals surface area contributed by atoms with Crippen molar-refractivity contribution in [2.75, 3.05) is 33.7 Å². The summed E-state index contributed by atoms with van der Waals surface area (Å²) in [6.07, 6.45) is 6.31. The fourth-order valence-corrected chi connectivity index (χ4v) is 4.53. The summed E-state index contributed by atoms with van der Waals surface area (Å²) in [6.45, 7) is 2.18. The van der Waals surface area contributed by atoms with Gasteiger partial charge >= 0.3 is 0 Å². The van der Waals surface area contributed by atoms with Crippen molar-refractivity contribution < 1.29 is 22.9 Å². The molecule has 1 saturated heterocycles. The molecule has 2 aromatic rings. The van der Waals surface area contributed by atoms with Crippen LogP contribution in [0.1, 0.15) is 36.2 Å². The Morgan fingerprint density at radius 3 is 2.79 bits per heavy atom. The first-order valence-electron chi connectivity index (χ1n) is 11.2. The third kappa shape index (κ3) is 5.30. The Balaban J connectivity index is 1.45. The second-order valence-electron chi connectivity index (χ2n) is 8.90. The fraction of sp³-hybridized carbons (Fsp3) is 0.458. The molecule has 7 nitrogen and oxygen atoms in total. The maximum atomic E-state index is 14.0. The summed E-state index contributed by atoms with van der Waals surface area (Å²) in [7, 11) is 3.42. The molecule has 0 radical (unpaired) electrons. The number of rotatable bonds is 6. The van der Waals surface area contributed by atoms with Crippen LogP contribution in [-0.4, -0.2) is 66.5 Å². The second kappa shape index (κ2) is 9.82. The molecular weight excluding hydrogens is 430 g/mol. The van der Waals surface area contributed by atoms with Gasteiger partial charge < -0.3 is 14.7 Å². The van der Waals surface area contributed by atoms with Gasteiger partial charge in [0.25, 0.3) is 5.91 Å². The lowest BCUT2D eigenvalue weighted by atomic mass is 9.90. The van der Waals surface area contributed by atoms with E-state index < -0.39 is 17.5 Å². The first kappa shape index (κ1) is 23.1. The molecule has 176 valence electrons. The van der Waals surface area contributed by atoms with E-state index in [-0.39, 0.29) is 34.9 Å². The molecule has 0 saturated carbocycles. The molecule has 2 heterocycles. The standard InChI is InChI=1S/C24H28F2N4O3/c1-29(2)24(32)18-14-30(13-15-5-3-4-6-15)10-9-20(18)27-23(31)21-12-22(33-28-21)17-8-7-16(25)11-19(17)26/h5,7-8,11-12,18,20H,3-4,6,9-10,13-14H2,1-2H3,(H,27,31). The van der Waals surface area contributed by atoms with Gasteiger partial charge in [0.2, 0.25) is 5.91 Å². The van der Waals surface area contributed by atoms with E-state index in [2.05, 4.69) is 21.4 Å². The number of amides is 2. The quantitative estimate of drug-likeness (QED) is 0.673. The molecule has 0 bridgehead atoms. The highest BCUT2D eigenvalue weighted by molar-refractivity contribution is 5.94. The van der Waals surface area contributed by atoms with Crippen LogP contribution in [0.4, 0.5) is 8.78 Å². The lowest BCUT2D eigenvalue weighted by Crippen LogP contribution is -2.55. The lowest BCUT2D eigenvalue weighted by Gasteiger charge is -2.39. The molecule has 1 N–H and O–H groups in total. The minimum Gasteiger partial charge on any atom is -0.355 e. The summed E-state index contributed by atoms with van der Waals surface area (Å²) in [6, 6.07) is 4.03. The van der Waals surface area contributed by atoms with Crippen molar-refractivity contribution in [2.45, 2.75) is 31.7 Å². The maximum Gasteiger partial charge on any atom is 0.273 e. The molecule has 4 rings (SSSR count). The van der Waals surface area contributed by atoms with Crippen molar-refractivity contribution in [3.05, 3.63) is 53.2 Å². The summed E-state index contributed by atoms with van der Waals surface area (Å²) >= 11 is 0. The van der Waals surface area contributed by atoms with Crippen molar-refractivity contribution in [3.63, 3.8) is 0 Å². The van der Waals surface area contributed by atoms with Crippen molar-refractivity contribution >= 4 is 11.8 Å². The number of aromatic nitrogens is 1. The van der Waals surface area contributed by atoms with E-state index in [0.29, 0.717) is 13.0 Å². The minimum absolute atomic E-state index is 0.0122. The molecule has 1 fully saturated rings. The van der Waals surface area contributed by atoms with Crippen LogP contribution in [0, 0.1) is 17.6 Å². The molecule has 1 aliphatic heterocycles. The van der Waals surface area contributed by atoms with Crippen molar-refractivity contribution in [1.29, 1.82) is 0 Å². The highest BCUT2D eigenvalue weighted by Crippen LogP contribution is 2.26. The predicted molar refractivity (Wildman–Crippen MR) is 118 cm³/mol. The average Bonchev–Trinajstić information content (AvgIpc) is 3.46. The zero-order valence-corrected chi connectivity index (χ0v) is 18.8. The number of likely N-dealkylation sites (tertiary alicyclic amines) is 1. The number of carbonyl (C=O) groups excluding carboxylic acids is 2. The van der Waals surface area contributed by atoms with Crippen LogP contribution in [0.15, 0.2) is 40.4 Å². The Kier molecular flexibility index (Phi) is 6.88. The van der Waals surface area contributed by atoms with Crippen LogP contribution in [0.5, 0.6) is 0 Å². The zero-order valence-electron chi connectivity index (χ0n) is 18.8. The van der Waals surface area contributed by atoms with Crippen molar-refractivity contribution in [3.8, 4) is 11.3 Å². The fourth-order valence-electron chi connectivity index (χ4n) is 4.53. The van der Waals surface area contributed by atoms with Crippen LogP contribution in [0.25, 0.3) is 11.3 Å². The summed E-state index contributed by atoms with van der Waals surface area (Å²) in [5, 5.41) is 6.67. The molecule has 1 aromatic heterocycles. The number of nitrogens with one attached hydrogen (secondary N) is 1. The average molecular weight is 459 g/mol. The van der Waals surface area contributed by atoms with Crippen LogP contribution in [0.3, 0.4) is 0 Å². The third-order valence-electron chi connectivity index (χ3n) is 6.27. The number of carbonyl (C=O) groups is 2. The van der Waals surface area contributed by atoms with Crippen molar-refractivity contribution in [1.82, 2.24) is 20.3 Å². The Hall–Kier alpha value is -3.07. The van der Waals surface area contributed by atoms with Gasteiger partial charge in [0.1, 0.15) is 11.6 Å². The van der Waals surface area contributed by atoms with E-state index in [1.54, 1.807) is 19.0 Å². The normalized spacial score (nSPS) is 21.0. The molecular formula is C24H28F2N4O3. The van der Waals surface area contributed by atoms with Crippen LogP contribution >= 0.6 is 0 Å². The predicted octanol–water partition coefficient (Wildman–Crippen LogP) is 3.24. The Morgan fingerprint density at radius 1 is 1.27 bits per heavy atom. The first-order chi connectivity index (χ1) is 15.8. The number of piperidine rings is 1. The van der Waals surface area contributed by atoms with E-state index in [0.717, 1.165) is 38.1 Å². The van der Waals surface area contributed by atoms with Crippen LogP contribution in [0.2, 0.25) is 0 Å². The number of hydrogen-bond acceptors (Lipinski definition) is 5. The molecule has 1 aliphatic carbocycles. The molecule has 2 aliphatic rings. The molecule has 2 unspecified atom stereocenters. The third-order valence-corrected chi connectivity index (χ3v) is 6.27. The number of hydrogen-bond donors (Lipinski definition) is 1. The van der Waals surface area contributed by atoms with Gasteiger partial charge in [-0.1, -0.05) is 16.8 Å². The highest BCUT2D eigenvalue weighted by atomic mass is 19.1. The molecule has 2 amide bonds. The monoisotopic (exact) mass is 458 g/mol.